The highest BCUT2D eigenvalue weighted by Gasteiger charge is 2.20. The number of likely N-dealkylation sites (N-methyl/N-ethyl adjacent to an activating group) is 1. The summed E-state index contributed by atoms with van der Waals surface area (Å²) in [6, 6.07) is 16.0. The van der Waals surface area contributed by atoms with E-state index in [1.807, 2.05) is 55.4 Å². The largest absolute Gasteiger partial charge is 0.494 e. The lowest BCUT2D eigenvalue weighted by molar-refractivity contribution is -0.116. The number of pyridine rings is 1. The number of amides is 1. The Hall–Kier alpha value is -4.50. The monoisotopic (exact) mass is 499 g/mol. The molecular weight excluding hydrogens is 470 g/mol. The molecule has 0 aliphatic rings. The summed E-state index contributed by atoms with van der Waals surface area (Å²) in [5.41, 5.74) is 4.15. The Morgan fingerprint density at radius 2 is 1.70 bits per heavy atom. The van der Waals surface area contributed by atoms with Crippen LogP contribution in [-0.2, 0) is 9.53 Å². The highest BCUT2D eigenvalue weighted by molar-refractivity contribution is 6.22. The second-order valence-corrected chi connectivity index (χ2v) is 8.79. The number of aromatic nitrogens is 2. The van der Waals surface area contributed by atoms with Crippen molar-refractivity contribution in [3.8, 4) is 5.88 Å². The van der Waals surface area contributed by atoms with Gasteiger partial charge in [-0.1, -0.05) is 6.07 Å². The van der Waals surface area contributed by atoms with Crippen LogP contribution in [0.1, 0.15) is 28.4 Å². The van der Waals surface area contributed by atoms with E-state index in [1.165, 1.54) is 7.11 Å². The van der Waals surface area contributed by atoms with Crippen LogP contribution < -0.4 is 4.90 Å². The third-order valence-electron chi connectivity index (χ3n) is 5.94. The van der Waals surface area contributed by atoms with Gasteiger partial charge in [0.2, 0.25) is 5.91 Å². The zero-order valence-electron chi connectivity index (χ0n) is 21.2. The molecular formula is C28H29N5O4. The van der Waals surface area contributed by atoms with E-state index in [-0.39, 0.29) is 11.8 Å². The number of hydrogen-bond acceptors (Lipinski definition) is 7. The Kier molecular flexibility index (Phi) is 7.64. The van der Waals surface area contributed by atoms with Crippen molar-refractivity contribution in [1.82, 2.24) is 14.9 Å². The van der Waals surface area contributed by atoms with Gasteiger partial charge in [-0.25, -0.2) is 9.79 Å². The molecule has 0 bridgehead atoms. The molecule has 9 heteroatoms. The zero-order valence-corrected chi connectivity index (χ0v) is 21.2. The standard InChI is InChI=1S/C28H29N5O4/c1-18(34)33(16-15-32(2)3)22-8-6-21(7-9-22)30-26(19-11-13-29-14-12-19)25-23-10-5-20(28(36)37-4)17-24(23)31-27(25)35/h5-14,17,31,35H,15-16H2,1-4H3. The molecule has 2 aromatic heterocycles. The number of aliphatic imine (C=N–C) groups is 1. The minimum atomic E-state index is -0.467. The van der Waals surface area contributed by atoms with E-state index in [2.05, 4.69) is 9.97 Å². The van der Waals surface area contributed by atoms with Crippen LogP contribution in [0.3, 0.4) is 0 Å². The number of H-pyrrole nitrogens is 1. The van der Waals surface area contributed by atoms with Gasteiger partial charge in [-0.05, 0) is 62.6 Å². The summed E-state index contributed by atoms with van der Waals surface area (Å²) in [4.78, 5) is 39.9. The molecule has 190 valence electrons. The van der Waals surface area contributed by atoms with Crippen LogP contribution in [0.5, 0.6) is 5.88 Å². The summed E-state index contributed by atoms with van der Waals surface area (Å²) >= 11 is 0. The van der Waals surface area contributed by atoms with E-state index in [0.29, 0.717) is 40.0 Å². The smallest absolute Gasteiger partial charge is 0.337 e. The molecule has 2 aromatic carbocycles. The van der Waals surface area contributed by atoms with Gasteiger partial charge in [0.15, 0.2) is 5.88 Å². The lowest BCUT2D eigenvalue weighted by Gasteiger charge is -2.23. The van der Waals surface area contributed by atoms with Crippen LogP contribution >= 0.6 is 0 Å². The number of rotatable bonds is 8. The number of nitrogens with one attached hydrogen (secondary N) is 1. The maximum Gasteiger partial charge on any atom is 0.337 e. The van der Waals surface area contributed by atoms with Gasteiger partial charge in [-0.15, -0.1) is 0 Å². The Bertz CT molecular complexity index is 1440. The average Bonchev–Trinajstić information content (AvgIpc) is 3.22. The normalized spacial score (nSPS) is 11.6. The van der Waals surface area contributed by atoms with Gasteiger partial charge in [-0.2, -0.15) is 0 Å². The molecule has 0 saturated heterocycles. The molecule has 1 amide bonds. The van der Waals surface area contributed by atoms with Crippen molar-refractivity contribution in [2.24, 2.45) is 4.99 Å². The fourth-order valence-electron chi connectivity index (χ4n) is 4.05. The molecule has 0 fully saturated rings. The Morgan fingerprint density at radius 1 is 1.00 bits per heavy atom. The SMILES string of the molecule is COC(=O)c1ccc2c(C(=Nc3ccc(N(CCN(C)C)C(C)=O)cc3)c3ccncc3)c(O)[nH]c2c1. The molecule has 0 saturated carbocycles. The Balaban J connectivity index is 1.78. The fraction of sp³-hybridized carbons (Fsp3) is 0.214. The topological polar surface area (TPSA) is 111 Å². The predicted molar refractivity (Wildman–Crippen MR) is 144 cm³/mol. The average molecular weight is 500 g/mol. The van der Waals surface area contributed by atoms with Crippen molar-refractivity contribution in [3.63, 3.8) is 0 Å². The molecule has 37 heavy (non-hydrogen) atoms. The number of methoxy groups -OCH3 is 1. The number of fused-ring (bicyclic) bond motifs is 1. The molecule has 0 unspecified atom stereocenters. The van der Waals surface area contributed by atoms with Crippen molar-refractivity contribution < 1.29 is 19.4 Å². The maximum absolute atomic E-state index is 12.2. The summed E-state index contributed by atoms with van der Waals surface area (Å²) in [7, 11) is 5.25. The van der Waals surface area contributed by atoms with Gasteiger partial charge >= 0.3 is 5.97 Å². The lowest BCUT2D eigenvalue weighted by atomic mass is 10.0. The number of ether oxygens (including phenoxy) is 1. The van der Waals surface area contributed by atoms with Crippen LogP contribution in [0.25, 0.3) is 10.9 Å². The van der Waals surface area contributed by atoms with Crippen molar-refractivity contribution in [2.75, 3.05) is 39.2 Å². The van der Waals surface area contributed by atoms with Crippen LogP contribution in [0.15, 0.2) is 72.0 Å². The first-order chi connectivity index (χ1) is 17.8. The van der Waals surface area contributed by atoms with Gasteiger partial charge in [0, 0.05) is 54.6 Å². The molecule has 0 aliphatic carbocycles. The van der Waals surface area contributed by atoms with Gasteiger partial charge in [0.05, 0.1) is 29.6 Å². The number of hydrogen-bond donors (Lipinski definition) is 2. The quantitative estimate of drug-likeness (QED) is 0.278. The predicted octanol–water partition coefficient (Wildman–Crippen LogP) is 4.14. The lowest BCUT2D eigenvalue weighted by Crippen LogP contribution is -2.35. The number of benzene rings is 2. The molecule has 2 heterocycles. The second kappa shape index (κ2) is 11.0. The van der Waals surface area contributed by atoms with Crippen molar-refractivity contribution in [3.05, 3.63) is 83.7 Å². The molecule has 0 atom stereocenters. The number of nitrogens with zero attached hydrogens (tertiary/aromatic N) is 4. The van der Waals surface area contributed by atoms with E-state index in [1.54, 1.807) is 42.4 Å². The summed E-state index contributed by atoms with van der Waals surface area (Å²) in [6.07, 6.45) is 3.31. The third kappa shape index (κ3) is 5.68. The molecule has 0 aliphatic heterocycles. The van der Waals surface area contributed by atoms with Crippen molar-refractivity contribution in [2.45, 2.75) is 6.92 Å². The fourth-order valence-corrected chi connectivity index (χ4v) is 4.05. The van der Waals surface area contributed by atoms with E-state index in [0.717, 1.165) is 17.8 Å². The highest BCUT2D eigenvalue weighted by atomic mass is 16.5. The van der Waals surface area contributed by atoms with Crippen molar-refractivity contribution >= 4 is 39.9 Å². The van der Waals surface area contributed by atoms with Gasteiger partial charge in [-0.3, -0.25) is 9.78 Å². The van der Waals surface area contributed by atoms with Crippen LogP contribution in [-0.4, -0.2) is 71.9 Å². The molecule has 0 radical (unpaired) electrons. The summed E-state index contributed by atoms with van der Waals surface area (Å²) in [5, 5.41) is 11.6. The van der Waals surface area contributed by atoms with E-state index < -0.39 is 5.97 Å². The molecule has 2 N–H and O–H groups in total. The molecule has 4 aromatic rings. The Morgan fingerprint density at radius 3 is 2.32 bits per heavy atom. The van der Waals surface area contributed by atoms with Gasteiger partial charge in [0.25, 0.3) is 0 Å². The van der Waals surface area contributed by atoms with E-state index >= 15 is 0 Å². The summed E-state index contributed by atoms with van der Waals surface area (Å²) in [6.45, 7) is 2.86. The number of carbonyl (C=O) groups is 2. The highest BCUT2D eigenvalue weighted by Crippen LogP contribution is 2.32. The number of anilines is 1. The molecule has 9 nitrogen and oxygen atoms in total. The minimum Gasteiger partial charge on any atom is -0.494 e. The number of aromatic hydroxyl groups is 1. The minimum absolute atomic E-state index is 0.0365. The van der Waals surface area contributed by atoms with Crippen LogP contribution in [0.2, 0.25) is 0 Å². The van der Waals surface area contributed by atoms with E-state index in [9.17, 15) is 14.7 Å². The summed E-state index contributed by atoms with van der Waals surface area (Å²) in [5.74, 6) is -0.577. The maximum atomic E-state index is 12.2. The first kappa shape index (κ1) is 25.6. The number of carbonyl (C=O) groups excluding carboxylic acids is 2. The molecule has 4 rings (SSSR count). The zero-order chi connectivity index (χ0) is 26.5. The second-order valence-electron chi connectivity index (χ2n) is 8.79. The van der Waals surface area contributed by atoms with Gasteiger partial charge < -0.3 is 24.6 Å². The number of aromatic amines is 1. The molecule has 0 spiro atoms. The van der Waals surface area contributed by atoms with Gasteiger partial charge in [0.1, 0.15) is 0 Å². The van der Waals surface area contributed by atoms with E-state index in [4.69, 9.17) is 9.73 Å². The Labute approximate surface area is 215 Å². The number of esters is 1. The van der Waals surface area contributed by atoms with Crippen LogP contribution in [0, 0.1) is 0 Å². The van der Waals surface area contributed by atoms with Crippen molar-refractivity contribution in [1.29, 1.82) is 0 Å². The first-order valence-electron chi connectivity index (χ1n) is 11.7. The van der Waals surface area contributed by atoms with Crippen LogP contribution in [0.4, 0.5) is 11.4 Å². The third-order valence-corrected chi connectivity index (χ3v) is 5.94. The first-order valence-corrected chi connectivity index (χ1v) is 11.7. The summed E-state index contributed by atoms with van der Waals surface area (Å²) < 4.78 is 4.81.